The molecule has 2 heteroatoms. The van der Waals surface area contributed by atoms with Crippen LogP contribution in [0.4, 0.5) is 0 Å². The summed E-state index contributed by atoms with van der Waals surface area (Å²) in [4.78, 5) is 0. The van der Waals surface area contributed by atoms with Gasteiger partial charge < -0.3 is 8.83 Å². The van der Waals surface area contributed by atoms with Gasteiger partial charge in [0.2, 0.25) is 0 Å². The predicted molar refractivity (Wildman–Crippen MR) is 26.3 cm³/mol. The van der Waals surface area contributed by atoms with Gasteiger partial charge in [-0.2, -0.15) is 0 Å². The van der Waals surface area contributed by atoms with Crippen LogP contribution in [0.1, 0.15) is 0 Å². The fourth-order valence-corrected chi connectivity index (χ4v) is 0.573. The van der Waals surface area contributed by atoms with Crippen molar-refractivity contribution in [2.24, 2.45) is 0 Å². The van der Waals surface area contributed by atoms with Crippen LogP contribution in [0.15, 0.2) is 33.5 Å². The van der Waals surface area contributed by atoms with Gasteiger partial charge >= 0.3 is 0 Å². The van der Waals surface area contributed by atoms with Crippen LogP contribution in [0.25, 0.3) is 0 Å². The first-order chi connectivity index (χ1) is 3.97. The van der Waals surface area contributed by atoms with Crippen molar-refractivity contribution in [3.63, 3.8) is 0 Å². The molecule has 0 amide bonds. The van der Waals surface area contributed by atoms with Crippen molar-refractivity contribution in [3.05, 3.63) is 35.5 Å². The second-order valence-electron chi connectivity index (χ2n) is 1.57. The van der Waals surface area contributed by atoms with Crippen molar-refractivity contribution in [2.45, 2.75) is 0 Å². The molecule has 0 aromatic carbocycles. The monoisotopic (exact) mass is 108 g/mol. The van der Waals surface area contributed by atoms with Crippen LogP contribution in [-0.4, -0.2) is 0 Å². The standard InChI is InChI=1S/C6H4O2/c1-3-7-4-2-6-5(1)8-6/h1-4H. The Hall–Kier alpha value is -1.18. The maximum absolute atomic E-state index is 4.94. The molecular formula is C6H4O2. The summed E-state index contributed by atoms with van der Waals surface area (Å²) in [6, 6.07) is 3.57. The summed E-state index contributed by atoms with van der Waals surface area (Å²) < 4.78 is 9.75. The molecule has 8 heavy (non-hydrogen) atoms. The summed E-state index contributed by atoms with van der Waals surface area (Å²) in [6.07, 6.45) is 3.18. The van der Waals surface area contributed by atoms with Crippen LogP contribution in [0, 0.1) is 10.8 Å². The van der Waals surface area contributed by atoms with E-state index in [-0.39, 0.29) is 0 Å². The zero-order chi connectivity index (χ0) is 5.40. The molecule has 0 radical (unpaired) electrons. The molecule has 0 N–H and O–H groups in total. The predicted octanol–water partition coefficient (Wildman–Crippen LogP) is 1.60. The van der Waals surface area contributed by atoms with Gasteiger partial charge in [0.25, 0.3) is 0 Å². The molecule has 0 aromatic rings. The zero-order valence-electron chi connectivity index (χ0n) is 4.13. The Morgan fingerprint density at radius 3 is 2.25 bits per heavy atom. The van der Waals surface area contributed by atoms with Crippen LogP contribution >= 0.6 is 0 Å². The van der Waals surface area contributed by atoms with Crippen LogP contribution in [0.2, 0.25) is 0 Å². The Bertz CT molecular complexity index is 288. The van der Waals surface area contributed by atoms with Crippen LogP contribution in [0.3, 0.4) is 0 Å². The first-order valence-corrected chi connectivity index (χ1v) is 2.37. The minimum Gasteiger partial charge on any atom is -0.472 e. The number of hydrogen-bond donors (Lipinski definition) is 0. The van der Waals surface area contributed by atoms with Gasteiger partial charge in [0.1, 0.15) is 0 Å². The summed E-state index contributed by atoms with van der Waals surface area (Å²) in [6.45, 7) is 0. The fraction of sp³-hybridized carbons (Fsp3) is 0. The molecule has 0 aliphatic carbocycles. The highest BCUT2D eigenvalue weighted by Gasteiger charge is 1.93. The molecule has 0 saturated carbocycles. The average molecular weight is 108 g/mol. The van der Waals surface area contributed by atoms with Gasteiger partial charge in [-0.3, -0.25) is 0 Å². The van der Waals surface area contributed by atoms with E-state index in [2.05, 4.69) is 0 Å². The highest BCUT2D eigenvalue weighted by molar-refractivity contribution is 4.94. The van der Waals surface area contributed by atoms with E-state index in [1.807, 2.05) is 0 Å². The lowest BCUT2D eigenvalue weighted by atomic mass is 10.6. The van der Waals surface area contributed by atoms with Crippen molar-refractivity contribution in [2.75, 3.05) is 0 Å². The van der Waals surface area contributed by atoms with Crippen molar-refractivity contribution in [3.8, 4) is 0 Å². The molecule has 0 atom stereocenters. The lowest BCUT2D eigenvalue weighted by molar-refractivity contribution is 0.544. The SMILES string of the molecule is c1cc2oc=2cco1. The topological polar surface area (TPSA) is 26.3 Å². The summed E-state index contributed by atoms with van der Waals surface area (Å²) in [7, 11) is 0. The van der Waals surface area contributed by atoms with Gasteiger partial charge in [-0.1, -0.05) is 0 Å². The minimum absolute atomic E-state index is 0.916. The Balaban J connectivity index is 2.93. The second kappa shape index (κ2) is 1.15. The summed E-state index contributed by atoms with van der Waals surface area (Å²) >= 11 is 0. The van der Waals surface area contributed by atoms with E-state index in [0.717, 1.165) is 10.8 Å². The molecule has 0 saturated heterocycles. The highest BCUT2D eigenvalue weighted by Crippen LogP contribution is 2.03. The van der Waals surface area contributed by atoms with Crippen LogP contribution < -0.4 is 0 Å². The number of rotatable bonds is 0. The maximum Gasteiger partial charge on any atom is 0.173 e. The van der Waals surface area contributed by atoms with E-state index in [0.29, 0.717) is 0 Å². The molecule has 0 bridgehead atoms. The molecule has 0 unspecified atom stereocenters. The largest absolute Gasteiger partial charge is 0.472 e. The van der Waals surface area contributed by atoms with Gasteiger partial charge in [0, 0.05) is 12.1 Å². The molecule has 0 fully saturated rings. The second-order valence-corrected chi connectivity index (χ2v) is 1.57. The highest BCUT2D eigenvalue weighted by atomic mass is 16.4. The summed E-state index contributed by atoms with van der Waals surface area (Å²) in [5.41, 5.74) is 1.83. The van der Waals surface area contributed by atoms with E-state index in [1.54, 1.807) is 24.7 Å². The van der Waals surface area contributed by atoms with Crippen molar-refractivity contribution >= 4 is 0 Å². The Kier molecular flexibility index (Phi) is 0.545. The van der Waals surface area contributed by atoms with Gasteiger partial charge in [0.05, 0.1) is 12.5 Å². The van der Waals surface area contributed by atoms with E-state index in [9.17, 15) is 0 Å². The third kappa shape index (κ3) is 0.428. The minimum atomic E-state index is 0.916. The summed E-state index contributed by atoms with van der Waals surface area (Å²) in [5.74, 6) is 0. The average Bonchev–Trinajstić information content (AvgIpc) is 2.36. The first kappa shape index (κ1) is 3.78. The zero-order valence-corrected chi connectivity index (χ0v) is 4.13. The molecule has 2 heterocycles. The molecule has 2 aliphatic heterocycles. The molecule has 2 rings (SSSR count). The number of hydrogen-bond acceptors (Lipinski definition) is 2. The van der Waals surface area contributed by atoms with E-state index < -0.39 is 0 Å². The van der Waals surface area contributed by atoms with Gasteiger partial charge in [-0.15, -0.1) is 0 Å². The molecule has 2 aliphatic rings. The molecule has 0 aromatic heterocycles. The normalized spacial score (nSPS) is 10.5. The smallest absolute Gasteiger partial charge is 0.173 e. The fourth-order valence-electron chi connectivity index (χ4n) is 0.573. The van der Waals surface area contributed by atoms with Gasteiger partial charge in [-0.05, 0) is 0 Å². The van der Waals surface area contributed by atoms with E-state index >= 15 is 0 Å². The molecule has 0 spiro atoms. The Morgan fingerprint density at radius 1 is 1.00 bits per heavy atom. The maximum atomic E-state index is 4.94. The quantitative estimate of drug-likeness (QED) is 0.512. The molecule has 40 valence electrons. The van der Waals surface area contributed by atoms with Crippen molar-refractivity contribution in [1.82, 2.24) is 0 Å². The van der Waals surface area contributed by atoms with E-state index in [1.165, 1.54) is 0 Å². The van der Waals surface area contributed by atoms with Crippen LogP contribution in [-0.2, 0) is 0 Å². The van der Waals surface area contributed by atoms with Gasteiger partial charge in [0.15, 0.2) is 10.8 Å². The first-order valence-electron chi connectivity index (χ1n) is 2.37. The Labute approximate surface area is 45.4 Å². The van der Waals surface area contributed by atoms with Crippen LogP contribution in [0.5, 0.6) is 0 Å². The lowest BCUT2D eigenvalue weighted by Gasteiger charge is -1.63. The summed E-state index contributed by atoms with van der Waals surface area (Å²) in [5, 5.41) is 0. The van der Waals surface area contributed by atoms with Crippen molar-refractivity contribution < 1.29 is 8.83 Å². The Morgan fingerprint density at radius 2 is 1.62 bits per heavy atom. The third-order valence-corrected chi connectivity index (χ3v) is 1.02. The van der Waals surface area contributed by atoms with E-state index in [4.69, 9.17) is 8.83 Å². The third-order valence-electron chi connectivity index (χ3n) is 1.02. The van der Waals surface area contributed by atoms with Crippen molar-refractivity contribution in [1.29, 1.82) is 0 Å². The van der Waals surface area contributed by atoms with Gasteiger partial charge in [-0.25, -0.2) is 0 Å². The molecule has 2 nitrogen and oxygen atoms in total. The molecular weight excluding hydrogens is 104 g/mol. The lowest BCUT2D eigenvalue weighted by Crippen LogP contribution is -1.37.